The van der Waals surface area contributed by atoms with Crippen LogP contribution in [-0.2, 0) is 0 Å². The van der Waals surface area contributed by atoms with Crippen molar-refractivity contribution in [3.63, 3.8) is 0 Å². The summed E-state index contributed by atoms with van der Waals surface area (Å²) in [6, 6.07) is 10.3. The first-order chi connectivity index (χ1) is 16.0. The van der Waals surface area contributed by atoms with Crippen LogP contribution in [0.2, 0.25) is 0 Å². The number of anilines is 1. The van der Waals surface area contributed by atoms with Gasteiger partial charge in [0.15, 0.2) is 11.5 Å². The van der Waals surface area contributed by atoms with E-state index >= 15 is 0 Å². The zero-order valence-electron chi connectivity index (χ0n) is 17.9. The number of aromatic nitrogens is 5. The molecule has 2 N–H and O–H groups in total. The molecule has 9 heteroatoms. The summed E-state index contributed by atoms with van der Waals surface area (Å²) in [5.41, 5.74) is 1.32. The Bertz CT molecular complexity index is 1540. The van der Waals surface area contributed by atoms with Gasteiger partial charge in [-0.3, -0.25) is 9.36 Å². The molecule has 5 rings (SSSR count). The quantitative estimate of drug-likeness (QED) is 0.405. The van der Waals surface area contributed by atoms with Gasteiger partial charge in [-0.05, 0) is 42.5 Å². The highest BCUT2D eigenvalue weighted by atomic mass is 19.1. The highest BCUT2D eigenvalue weighted by Crippen LogP contribution is 2.30. The monoisotopic (exact) mass is 446 g/mol. The summed E-state index contributed by atoms with van der Waals surface area (Å²) in [7, 11) is 0. The lowest BCUT2D eigenvalue weighted by molar-refractivity contribution is 0.558. The normalized spacial score (nSPS) is 12.4. The number of para-hydroxylation sites is 1. The minimum atomic E-state index is -0.821. The molecular weight excluding hydrogens is 426 g/mol. The average molecular weight is 446 g/mol. The maximum atomic E-state index is 14.9. The summed E-state index contributed by atoms with van der Waals surface area (Å²) in [5.74, 6) is -1.19. The molecule has 1 unspecified atom stereocenters. The smallest absolute Gasteiger partial charge is 0.263 e. The number of rotatable bonds is 5. The molecule has 0 saturated heterocycles. The van der Waals surface area contributed by atoms with Gasteiger partial charge in [0.1, 0.15) is 29.2 Å². The van der Waals surface area contributed by atoms with Gasteiger partial charge in [0.05, 0.1) is 17.8 Å². The predicted molar refractivity (Wildman–Crippen MR) is 123 cm³/mol. The Hall–Kier alpha value is -4.14. The first-order valence-corrected chi connectivity index (χ1v) is 10.5. The van der Waals surface area contributed by atoms with Gasteiger partial charge in [-0.2, -0.15) is 0 Å². The third kappa shape index (κ3) is 3.42. The molecule has 1 atom stereocenters. The second-order valence-electron chi connectivity index (χ2n) is 7.75. The van der Waals surface area contributed by atoms with Crippen molar-refractivity contribution in [2.75, 3.05) is 5.32 Å². The van der Waals surface area contributed by atoms with E-state index in [2.05, 4.69) is 25.3 Å². The molecule has 0 aliphatic rings. The molecule has 2 aromatic carbocycles. The standard InChI is InChI=1S/C24H20F2N6O/c1-3-17(31-23-20-22(28-11-27-20)29-12-30-23)18-10-14-7-4-6-13(2)19(14)24(33)32(18)21-15(25)8-5-9-16(21)26/h4-12,17H,3H2,1-2H3,(H2,27,28,29,30,31). The highest BCUT2D eigenvalue weighted by molar-refractivity contribution is 5.86. The Morgan fingerprint density at radius 1 is 1.09 bits per heavy atom. The summed E-state index contributed by atoms with van der Waals surface area (Å²) in [6.45, 7) is 3.71. The van der Waals surface area contributed by atoms with Crippen molar-refractivity contribution in [1.82, 2.24) is 24.5 Å². The van der Waals surface area contributed by atoms with Gasteiger partial charge in [0, 0.05) is 5.69 Å². The SMILES string of the molecule is CCC(Nc1ncnc2[nH]cnc12)c1cc2cccc(C)c2c(=O)n1-c1c(F)cccc1F. The van der Waals surface area contributed by atoms with Crippen molar-refractivity contribution in [2.24, 2.45) is 0 Å². The van der Waals surface area contributed by atoms with Gasteiger partial charge in [-0.1, -0.05) is 31.2 Å². The summed E-state index contributed by atoms with van der Waals surface area (Å²) in [6.07, 6.45) is 3.40. The van der Waals surface area contributed by atoms with Crippen LogP contribution >= 0.6 is 0 Å². The zero-order chi connectivity index (χ0) is 23.1. The lowest BCUT2D eigenvalue weighted by Crippen LogP contribution is -2.28. The number of H-pyrrole nitrogens is 1. The number of aryl methyl sites for hydroxylation is 1. The molecule has 0 aliphatic carbocycles. The Kier molecular flexibility index (Phi) is 5.08. The maximum absolute atomic E-state index is 14.9. The van der Waals surface area contributed by atoms with Crippen LogP contribution in [0.5, 0.6) is 0 Å². The molecule has 0 amide bonds. The van der Waals surface area contributed by atoms with Crippen LogP contribution in [0.15, 0.2) is 59.9 Å². The molecular formula is C24H20F2N6O. The molecule has 0 bridgehead atoms. The van der Waals surface area contributed by atoms with E-state index in [-0.39, 0.29) is 0 Å². The zero-order valence-corrected chi connectivity index (χ0v) is 17.9. The number of halogens is 2. The van der Waals surface area contributed by atoms with E-state index in [9.17, 15) is 13.6 Å². The van der Waals surface area contributed by atoms with Crippen LogP contribution in [0.3, 0.4) is 0 Å². The van der Waals surface area contributed by atoms with Gasteiger partial charge >= 0.3 is 0 Å². The summed E-state index contributed by atoms with van der Waals surface area (Å²) in [4.78, 5) is 29.3. The predicted octanol–water partition coefficient (Wildman–Crippen LogP) is 4.81. The second-order valence-corrected chi connectivity index (χ2v) is 7.75. The molecule has 0 saturated carbocycles. The van der Waals surface area contributed by atoms with E-state index in [0.29, 0.717) is 39.9 Å². The Balaban J connectivity index is 1.79. The Morgan fingerprint density at radius 2 is 1.85 bits per heavy atom. The molecule has 33 heavy (non-hydrogen) atoms. The molecule has 7 nitrogen and oxygen atoms in total. The number of hydrogen-bond donors (Lipinski definition) is 2. The van der Waals surface area contributed by atoms with E-state index in [0.717, 1.165) is 22.3 Å². The van der Waals surface area contributed by atoms with Gasteiger partial charge < -0.3 is 10.3 Å². The van der Waals surface area contributed by atoms with Gasteiger partial charge in [0.25, 0.3) is 5.56 Å². The molecule has 5 aromatic rings. The average Bonchev–Trinajstić information content (AvgIpc) is 3.28. The van der Waals surface area contributed by atoms with E-state index in [1.165, 1.54) is 18.7 Å². The number of pyridine rings is 1. The first kappa shape index (κ1) is 20.7. The third-order valence-electron chi connectivity index (χ3n) is 5.74. The van der Waals surface area contributed by atoms with E-state index in [1.54, 1.807) is 19.1 Å². The molecule has 0 spiro atoms. The van der Waals surface area contributed by atoms with Crippen molar-refractivity contribution in [3.05, 3.63) is 88.4 Å². The van der Waals surface area contributed by atoms with Crippen LogP contribution in [0.4, 0.5) is 14.6 Å². The highest BCUT2D eigenvalue weighted by Gasteiger charge is 2.24. The van der Waals surface area contributed by atoms with Crippen LogP contribution < -0.4 is 10.9 Å². The van der Waals surface area contributed by atoms with E-state index < -0.39 is 28.9 Å². The van der Waals surface area contributed by atoms with Crippen LogP contribution in [0.25, 0.3) is 27.6 Å². The fourth-order valence-electron chi connectivity index (χ4n) is 4.17. The van der Waals surface area contributed by atoms with Crippen molar-refractivity contribution in [3.8, 4) is 5.69 Å². The number of aromatic amines is 1. The number of hydrogen-bond acceptors (Lipinski definition) is 5. The molecule has 166 valence electrons. The molecule has 0 aliphatic heterocycles. The van der Waals surface area contributed by atoms with Crippen molar-refractivity contribution < 1.29 is 8.78 Å². The lowest BCUT2D eigenvalue weighted by atomic mass is 10.0. The molecule has 0 fully saturated rings. The number of benzene rings is 2. The first-order valence-electron chi connectivity index (χ1n) is 10.5. The second kappa shape index (κ2) is 8.09. The molecule has 3 aromatic heterocycles. The van der Waals surface area contributed by atoms with Crippen molar-refractivity contribution >= 4 is 27.8 Å². The number of nitrogens with zero attached hydrogens (tertiary/aromatic N) is 4. The van der Waals surface area contributed by atoms with E-state index in [4.69, 9.17) is 0 Å². The number of nitrogens with one attached hydrogen (secondary N) is 2. The van der Waals surface area contributed by atoms with Crippen LogP contribution in [-0.4, -0.2) is 24.5 Å². The van der Waals surface area contributed by atoms with Gasteiger partial charge in [-0.15, -0.1) is 0 Å². The Labute approximate surface area is 187 Å². The summed E-state index contributed by atoms with van der Waals surface area (Å²) in [5, 5.41) is 4.39. The van der Waals surface area contributed by atoms with Crippen LogP contribution in [0, 0.1) is 18.6 Å². The fourth-order valence-corrected chi connectivity index (χ4v) is 4.17. The summed E-state index contributed by atoms with van der Waals surface area (Å²) < 4.78 is 30.9. The van der Waals surface area contributed by atoms with Crippen LogP contribution in [0.1, 0.15) is 30.6 Å². The minimum Gasteiger partial charge on any atom is -0.360 e. The fraction of sp³-hybridized carbons (Fsp3) is 0.167. The minimum absolute atomic E-state index is 0.407. The third-order valence-corrected chi connectivity index (χ3v) is 5.74. The topological polar surface area (TPSA) is 88.5 Å². The number of fused-ring (bicyclic) bond motifs is 2. The summed E-state index contributed by atoms with van der Waals surface area (Å²) >= 11 is 0. The maximum Gasteiger partial charge on any atom is 0.263 e. The van der Waals surface area contributed by atoms with Crippen molar-refractivity contribution in [1.29, 1.82) is 0 Å². The largest absolute Gasteiger partial charge is 0.360 e. The Morgan fingerprint density at radius 3 is 2.61 bits per heavy atom. The molecule has 0 radical (unpaired) electrons. The van der Waals surface area contributed by atoms with Crippen molar-refractivity contribution in [2.45, 2.75) is 26.3 Å². The molecule has 3 heterocycles. The van der Waals surface area contributed by atoms with Gasteiger partial charge in [0.2, 0.25) is 0 Å². The number of imidazole rings is 1. The van der Waals surface area contributed by atoms with E-state index in [1.807, 2.05) is 19.1 Å². The lowest BCUT2D eigenvalue weighted by Gasteiger charge is -2.24. The van der Waals surface area contributed by atoms with Gasteiger partial charge in [-0.25, -0.2) is 23.7 Å².